The number of aliphatic hydroxyl groups is 1. The number of hydrogen-bond acceptors (Lipinski definition) is 26. The van der Waals surface area contributed by atoms with Gasteiger partial charge in [0.25, 0.3) is 0 Å². The van der Waals surface area contributed by atoms with E-state index >= 15 is 0 Å². The van der Waals surface area contributed by atoms with Gasteiger partial charge < -0.3 is 106 Å². The van der Waals surface area contributed by atoms with Gasteiger partial charge in [0.05, 0.1) is 73.2 Å². The van der Waals surface area contributed by atoms with Crippen LogP contribution >= 0.6 is 22.8 Å². The first kappa shape index (κ1) is 98.5. The average molecular weight is 1580 g/mol. The molecule has 4 aromatic rings. The zero-order valence-electron chi connectivity index (χ0n) is 62.7. The number of esters is 4. The fraction of sp³-hybridized carbons (Fsp3) is 0.520. The quantitative estimate of drug-likeness (QED) is 0.00762. The molecule has 4 aliphatic heterocycles. The number of hydrogen-bond donors (Lipinski definition) is 8. The summed E-state index contributed by atoms with van der Waals surface area (Å²) in [6.07, 6.45) is 6.36. The second-order valence-corrected chi connectivity index (χ2v) is 30.9. The van der Waals surface area contributed by atoms with Crippen molar-refractivity contribution in [3.05, 3.63) is 136 Å². The summed E-state index contributed by atoms with van der Waals surface area (Å²) in [4.78, 5) is 74.6. The molecule has 4 aliphatic rings. The number of carbonyl (C=O) groups excluding carboxylic acids is 4. The van der Waals surface area contributed by atoms with E-state index in [4.69, 9.17) is 80.6 Å². The Bertz CT molecular complexity index is 4100. The smallest absolute Gasteiger partial charge is 0.356 e. The molecule has 4 heterocycles. The number of aromatic hydroxyl groups is 4. The first-order chi connectivity index (χ1) is 48.7. The molecular formula is C75H113BO29P3. The molecule has 29 nitrogen and oxygen atoms in total. The van der Waals surface area contributed by atoms with Crippen LogP contribution in [0.3, 0.4) is 0 Å². The highest BCUT2D eigenvalue weighted by Crippen LogP contribution is 2.51. The highest BCUT2D eigenvalue weighted by atomic mass is 31.2. The van der Waals surface area contributed by atoms with Crippen molar-refractivity contribution in [1.29, 1.82) is 0 Å². The first-order valence-corrected chi connectivity index (χ1v) is 38.3. The number of methoxy groups -OCH3 is 4. The number of aliphatic hydroxyl groups excluding tert-OH is 1. The van der Waals surface area contributed by atoms with Crippen molar-refractivity contribution in [3.8, 4) is 46.0 Å². The van der Waals surface area contributed by atoms with E-state index < -0.39 is 59.4 Å². The Labute approximate surface area is 637 Å². The van der Waals surface area contributed by atoms with E-state index in [0.717, 1.165) is 44.5 Å². The molecule has 0 spiro atoms. The summed E-state index contributed by atoms with van der Waals surface area (Å²) in [6, 6.07) is 0. The number of benzene rings is 4. The third kappa shape index (κ3) is 25.8. The van der Waals surface area contributed by atoms with Crippen molar-refractivity contribution in [3.63, 3.8) is 0 Å². The van der Waals surface area contributed by atoms with Crippen LogP contribution in [-0.2, 0) is 113 Å². The van der Waals surface area contributed by atoms with Gasteiger partial charge in [-0.25, -0.2) is 19.2 Å². The lowest BCUT2D eigenvalue weighted by Crippen LogP contribution is -2.12. The maximum Gasteiger partial charge on any atom is 0.356 e. The monoisotopic (exact) mass is 1580 g/mol. The van der Waals surface area contributed by atoms with Crippen molar-refractivity contribution in [2.75, 3.05) is 73.9 Å². The second kappa shape index (κ2) is 43.8. The van der Waals surface area contributed by atoms with E-state index in [1.54, 1.807) is 87.5 Å². The van der Waals surface area contributed by atoms with Crippen LogP contribution in [0.25, 0.3) is 0 Å². The summed E-state index contributed by atoms with van der Waals surface area (Å²) in [5.41, 5.74) is 11.5. The van der Waals surface area contributed by atoms with E-state index in [2.05, 4.69) is 0 Å². The number of ether oxygens (including phenoxy) is 11. The number of carbonyl (C=O) groups is 4. The molecule has 108 heavy (non-hydrogen) atoms. The number of phenolic OH excluding ortho intramolecular Hbond substituents is 4. The summed E-state index contributed by atoms with van der Waals surface area (Å²) in [6.45, 7) is 25.8. The van der Waals surface area contributed by atoms with Gasteiger partial charge in [0, 0.05) is 54.3 Å². The molecule has 0 saturated heterocycles. The Morgan fingerprint density at radius 1 is 0.426 bits per heavy atom. The molecule has 4 aromatic carbocycles. The fourth-order valence-corrected chi connectivity index (χ4v) is 14.7. The molecule has 0 aliphatic carbocycles. The fourth-order valence-electron chi connectivity index (χ4n) is 11.5. The van der Waals surface area contributed by atoms with Crippen molar-refractivity contribution in [2.24, 2.45) is 0 Å². The highest BCUT2D eigenvalue weighted by Gasteiger charge is 2.37. The third-order valence-corrected chi connectivity index (χ3v) is 20.1. The summed E-state index contributed by atoms with van der Waals surface area (Å²) in [5, 5.41) is 51.1. The summed E-state index contributed by atoms with van der Waals surface area (Å²) in [7, 11) is -5.32. The molecule has 8 N–H and O–H groups in total. The third-order valence-electron chi connectivity index (χ3n) is 16.3. The Morgan fingerprint density at radius 2 is 0.667 bits per heavy atom. The van der Waals surface area contributed by atoms with Crippen molar-refractivity contribution in [1.82, 2.24) is 0 Å². The zero-order valence-corrected chi connectivity index (χ0v) is 65.4. The molecule has 33 heteroatoms. The molecule has 605 valence electrons. The maximum atomic E-state index is 12.8. The summed E-state index contributed by atoms with van der Waals surface area (Å²) >= 11 is 0. The standard InChI is InChI=1S/C22H33O8P.C19H27O8P.C16H21O8P.C15H18O5.3CH4.B.H2/c1-13(2)29-31(25,30-14(3)4)12-27-10-15(5)8-9-17-20(23)19-18(11-28-22(19)24)16(6)21(17)26-7;1-11(2)27-28(22,23)10-25-8-12(3)6-7-14-17(20)16-15(9-26-19(16)21)13(4)18(14)24-5;1-9(6-23-8-25(19,20)21)4-5-11-14(17)13-12(7-24-16(13)18)10(2)15(11)22-3;1-8(6-16)4-5-10-13(17)12-11(7-20-15(12)18)9(2)14(10)19-3;;;;;/h8,13-14,23H,9-12H2,1-7H3;6,11,20H,7-10H2,1-5H3,(H,22,23);4,17H,5-8H2,1-3H3,(H2,19,20,21);4,16-17H,5-7H2,1-3H3;3*1H4;;1H/b15-8+;12-6+;9-4+;8-4+;;;;;/i;;;;;;;;1+1. The average Bonchev–Trinajstić information content (AvgIpc) is 1.73. The van der Waals surface area contributed by atoms with Gasteiger partial charge in [-0.05, 0) is 145 Å². The molecule has 0 saturated carbocycles. The SMILES string of the molecule is C.C.C.COc1c(C)c2c(c(O)c1C/C=C(\C)CO)C(=O)OC2.COc1c(C)c2c(c(O)c1C/C=C(\C)COCP(=O)(O)O)C(=O)OC2.COc1c(C)c2c(c(O)c1C/C=C(\C)COCP(=O)(O)OC(C)C)C(=O)OC2.COc1c(C)c2c(c(O)c1C/C=C(\C)COCP(=O)(OC(C)C)OC(C)C)C(=O)OC2.[2HH].[B]. The predicted molar refractivity (Wildman–Crippen MR) is 410 cm³/mol. The van der Waals surface area contributed by atoms with Gasteiger partial charge in [0.1, 0.15) is 114 Å². The number of rotatable bonds is 31. The van der Waals surface area contributed by atoms with Crippen LogP contribution in [0, 0.1) is 27.7 Å². The summed E-state index contributed by atoms with van der Waals surface area (Å²) < 4.78 is 109. The number of fused-ring (bicyclic) bond motifs is 4. The van der Waals surface area contributed by atoms with Gasteiger partial charge in [0.15, 0.2) is 0 Å². The molecule has 3 radical (unpaired) electrons. The van der Waals surface area contributed by atoms with E-state index in [0.29, 0.717) is 86.8 Å². The van der Waals surface area contributed by atoms with E-state index in [1.165, 1.54) is 28.4 Å². The zero-order chi connectivity index (χ0) is 78.0. The lowest BCUT2D eigenvalue weighted by molar-refractivity contribution is 0.0523. The van der Waals surface area contributed by atoms with E-state index in [9.17, 15) is 58.2 Å². The minimum Gasteiger partial charge on any atom is -0.507 e. The van der Waals surface area contributed by atoms with Crippen LogP contribution in [0.2, 0.25) is 0 Å². The Morgan fingerprint density at radius 3 is 0.898 bits per heavy atom. The van der Waals surface area contributed by atoms with Gasteiger partial charge >= 0.3 is 46.7 Å². The highest BCUT2D eigenvalue weighted by molar-refractivity contribution is 7.53. The lowest BCUT2D eigenvalue weighted by atomic mass is 9.95. The molecule has 0 amide bonds. The summed E-state index contributed by atoms with van der Waals surface area (Å²) in [5.74, 6) is -0.604. The van der Waals surface area contributed by atoms with Crippen molar-refractivity contribution in [2.45, 2.75) is 190 Å². The van der Waals surface area contributed by atoms with Gasteiger partial charge in [-0.1, -0.05) is 68.9 Å². The molecule has 0 fully saturated rings. The van der Waals surface area contributed by atoms with Gasteiger partial charge in [0.2, 0.25) is 0 Å². The largest absolute Gasteiger partial charge is 0.507 e. The normalized spacial score (nSPS) is 14.3. The Hall–Kier alpha value is -7.53. The van der Waals surface area contributed by atoms with E-state index in [1.807, 2.05) is 33.8 Å². The minimum absolute atomic E-state index is 0. The predicted octanol–water partition coefficient (Wildman–Crippen LogP) is 14.0. The topological polar surface area (TPSA) is 411 Å². The first-order valence-electron chi connectivity index (χ1n) is 33.0. The Kier molecular flexibility index (Phi) is 39.9. The van der Waals surface area contributed by atoms with E-state index in [-0.39, 0.29) is 161 Å². The molecule has 0 aromatic heterocycles. The van der Waals surface area contributed by atoms with Gasteiger partial charge in [-0.3, -0.25) is 13.7 Å². The van der Waals surface area contributed by atoms with Crippen LogP contribution in [-0.4, -0.2) is 165 Å². The number of allylic oxidation sites excluding steroid dienone is 4. The van der Waals surface area contributed by atoms with Crippen molar-refractivity contribution < 1.29 is 140 Å². The molecular weight excluding hydrogens is 1470 g/mol. The van der Waals surface area contributed by atoms with Gasteiger partial charge in [-0.15, -0.1) is 0 Å². The van der Waals surface area contributed by atoms with Crippen LogP contribution in [0.4, 0.5) is 0 Å². The van der Waals surface area contributed by atoms with Crippen molar-refractivity contribution >= 4 is 55.1 Å². The second-order valence-electron chi connectivity index (χ2n) is 25.6. The molecule has 1 unspecified atom stereocenters. The Balaban J connectivity index is 0.00000142. The molecule has 8 rings (SSSR count). The van der Waals surface area contributed by atoms with Crippen LogP contribution in [0.15, 0.2) is 46.6 Å². The molecule has 1 atom stereocenters. The van der Waals surface area contributed by atoms with Gasteiger partial charge in [-0.2, -0.15) is 0 Å². The van der Waals surface area contributed by atoms with Crippen LogP contribution in [0.1, 0.15) is 201 Å². The minimum atomic E-state index is -4.20. The van der Waals surface area contributed by atoms with Crippen LogP contribution < -0.4 is 18.9 Å². The number of phenols is 4. The van der Waals surface area contributed by atoms with Crippen LogP contribution in [0.5, 0.6) is 46.0 Å². The molecule has 0 bridgehead atoms. The number of cyclic esters (lactones) is 4. The maximum absolute atomic E-state index is 12.8. The lowest BCUT2D eigenvalue weighted by Gasteiger charge is -2.22.